The van der Waals surface area contributed by atoms with Crippen molar-refractivity contribution in [2.75, 3.05) is 7.11 Å². The second kappa shape index (κ2) is 6.19. The smallest absolute Gasteiger partial charge is 0.416 e. The predicted molar refractivity (Wildman–Crippen MR) is 73.9 cm³/mol. The number of rotatable bonds is 3. The van der Waals surface area contributed by atoms with Gasteiger partial charge in [-0.3, -0.25) is 0 Å². The fourth-order valence-electron chi connectivity index (χ4n) is 2.01. The van der Waals surface area contributed by atoms with E-state index in [-0.39, 0.29) is 5.56 Å². The summed E-state index contributed by atoms with van der Waals surface area (Å²) in [6.45, 7) is 0. The minimum atomic E-state index is -4.43. The summed E-state index contributed by atoms with van der Waals surface area (Å²) in [5.41, 5.74) is 0.297. The van der Waals surface area contributed by atoms with Gasteiger partial charge in [0, 0.05) is 0 Å². The zero-order valence-corrected chi connectivity index (χ0v) is 11.6. The van der Waals surface area contributed by atoms with Gasteiger partial charge >= 0.3 is 12.1 Å². The molecule has 0 bridgehead atoms. The molecule has 116 valence electrons. The van der Waals surface area contributed by atoms with E-state index in [0.717, 1.165) is 19.2 Å². The molecule has 3 nitrogen and oxygen atoms in total. The van der Waals surface area contributed by atoms with E-state index in [9.17, 15) is 23.1 Å². The molecule has 0 saturated carbocycles. The van der Waals surface area contributed by atoms with Crippen molar-refractivity contribution < 1.29 is 27.8 Å². The van der Waals surface area contributed by atoms with Crippen LogP contribution in [0.15, 0.2) is 48.5 Å². The van der Waals surface area contributed by atoms with E-state index in [1.807, 2.05) is 0 Å². The van der Waals surface area contributed by atoms with Crippen molar-refractivity contribution >= 4 is 5.97 Å². The Morgan fingerprint density at radius 1 is 1.09 bits per heavy atom. The van der Waals surface area contributed by atoms with E-state index in [0.29, 0.717) is 11.1 Å². The molecular weight excluding hydrogens is 297 g/mol. The third-order valence-electron chi connectivity index (χ3n) is 3.15. The third-order valence-corrected chi connectivity index (χ3v) is 3.15. The van der Waals surface area contributed by atoms with Gasteiger partial charge in [-0.05, 0) is 34.9 Å². The van der Waals surface area contributed by atoms with Gasteiger partial charge in [-0.15, -0.1) is 0 Å². The van der Waals surface area contributed by atoms with E-state index in [1.165, 1.54) is 24.3 Å². The zero-order chi connectivity index (χ0) is 16.3. The van der Waals surface area contributed by atoms with Crippen molar-refractivity contribution in [3.05, 3.63) is 59.7 Å². The maximum Gasteiger partial charge on any atom is 0.416 e. The predicted octanol–water partition coefficient (Wildman–Crippen LogP) is 3.58. The van der Waals surface area contributed by atoms with Crippen LogP contribution in [0.25, 0.3) is 11.1 Å². The number of aliphatic hydroxyl groups is 1. The first-order valence-electron chi connectivity index (χ1n) is 6.36. The van der Waals surface area contributed by atoms with Crippen molar-refractivity contribution in [2.24, 2.45) is 0 Å². The average Bonchev–Trinajstić information content (AvgIpc) is 2.53. The Labute approximate surface area is 125 Å². The molecule has 0 aliphatic rings. The van der Waals surface area contributed by atoms with Crippen LogP contribution in [-0.2, 0) is 15.7 Å². The van der Waals surface area contributed by atoms with Crippen LogP contribution >= 0.6 is 0 Å². The Balaban J connectivity index is 2.40. The molecule has 0 aliphatic heterocycles. The second-order valence-corrected chi connectivity index (χ2v) is 4.63. The van der Waals surface area contributed by atoms with Crippen LogP contribution in [0.1, 0.15) is 17.2 Å². The zero-order valence-electron chi connectivity index (χ0n) is 11.6. The number of benzene rings is 2. The molecule has 2 aromatic carbocycles. The molecule has 0 radical (unpaired) electrons. The lowest BCUT2D eigenvalue weighted by molar-refractivity contribution is -0.150. The summed E-state index contributed by atoms with van der Waals surface area (Å²) in [5, 5.41) is 9.79. The lowest BCUT2D eigenvalue weighted by Crippen LogP contribution is -2.13. The molecule has 1 N–H and O–H groups in total. The number of halogens is 3. The Kier molecular flexibility index (Phi) is 4.51. The number of ether oxygens (including phenoxy) is 1. The SMILES string of the molecule is COC(=O)C(O)c1cccc(-c2cccc(C(F)(F)F)c2)c1. The third kappa shape index (κ3) is 3.46. The van der Waals surface area contributed by atoms with Crippen LogP contribution in [0, 0.1) is 0 Å². The van der Waals surface area contributed by atoms with Crippen molar-refractivity contribution in [1.29, 1.82) is 0 Å². The maximum atomic E-state index is 12.7. The average molecular weight is 310 g/mol. The highest BCUT2D eigenvalue weighted by Gasteiger charge is 2.30. The molecule has 22 heavy (non-hydrogen) atoms. The van der Waals surface area contributed by atoms with E-state index < -0.39 is 23.8 Å². The Morgan fingerprint density at radius 2 is 1.68 bits per heavy atom. The summed E-state index contributed by atoms with van der Waals surface area (Å²) in [5.74, 6) is -0.832. The summed E-state index contributed by atoms with van der Waals surface area (Å²) < 4.78 is 42.7. The van der Waals surface area contributed by atoms with E-state index in [4.69, 9.17) is 0 Å². The molecule has 6 heteroatoms. The van der Waals surface area contributed by atoms with Crippen LogP contribution < -0.4 is 0 Å². The summed E-state index contributed by atoms with van der Waals surface area (Å²) in [6, 6.07) is 10.9. The molecular formula is C16H13F3O3. The molecule has 0 saturated heterocycles. The van der Waals surface area contributed by atoms with Crippen molar-refractivity contribution in [3.63, 3.8) is 0 Å². The van der Waals surface area contributed by atoms with Crippen LogP contribution in [-0.4, -0.2) is 18.2 Å². The highest BCUT2D eigenvalue weighted by molar-refractivity contribution is 5.77. The van der Waals surface area contributed by atoms with Crippen LogP contribution in [0.3, 0.4) is 0 Å². The molecule has 0 fully saturated rings. The monoisotopic (exact) mass is 310 g/mol. The van der Waals surface area contributed by atoms with Crippen molar-refractivity contribution in [3.8, 4) is 11.1 Å². The van der Waals surface area contributed by atoms with E-state index >= 15 is 0 Å². The van der Waals surface area contributed by atoms with Gasteiger partial charge in [0.2, 0.25) is 0 Å². The Bertz CT molecular complexity index is 680. The molecule has 0 heterocycles. The number of carbonyl (C=O) groups is 1. The fraction of sp³-hybridized carbons (Fsp3) is 0.188. The molecule has 1 unspecified atom stereocenters. The van der Waals surface area contributed by atoms with E-state index in [2.05, 4.69) is 4.74 Å². The Morgan fingerprint density at radius 3 is 2.27 bits per heavy atom. The number of aliphatic hydroxyl groups excluding tert-OH is 1. The first-order chi connectivity index (χ1) is 10.3. The van der Waals surface area contributed by atoms with Gasteiger partial charge in [0.05, 0.1) is 12.7 Å². The standard InChI is InChI=1S/C16H13F3O3/c1-22-15(21)14(20)12-6-2-4-10(8-12)11-5-3-7-13(9-11)16(17,18)19/h2-9,14,20H,1H3. The molecule has 1 atom stereocenters. The summed E-state index contributed by atoms with van der Waals surface area (Å²) in [7, 11) is 1.14. The summed E-state index contributed by atoms with van der Waals surface area (Å²) in [6.07, 6.45) is -5.91. The highest BCUT2D eigenvalue weighted by Crippen LogP contribution is 2.32. The lowest BCUT2D eigenvalue weighted by atomic mass is 9.99. The van der Waals surface area contributed by atoms with Gasteiger partial charge < -0.3 is 9.84 Å². The van der Waals surface area contributed by atoms with E-state index in [1.54, 1.807) is 12.1 Å². The second-order valence-electron chi connectivity index (χ2n) is 4.63. The molecule has 2 rings (SSSR count). The van der Waals surface area contributed by atoms with Crippen molar-refractivity contribution in [2.45, 2.75) is 12.3 Å². The minimum absolute atomic E-state index is 0.252. The molecule has 0 amide bonds. The summed E-state index contributed by atoms with van der Waals surface area (Å²) >= 11 is 0. The minimum Gasteiger partial charge on any atom is -0.467 e. The van der Waals surface area contributed by atoms with Gasteiger partial charge in [-0.1, -0.05) is 30.3 Å². The maximum absolute atomic E-state index is 12.7. The number of hydrogen-bond donors (Lipinski definition) is 1. The van der Waals surface area contributed by atoms with Crippen molar-refractivity contribution in [1.82, 2.24) is 0 Å². The molecule has 0 aromatic heterocycles. The molecule has 0 aliphatic carbocycles. The van der Waals surface area contributed by atoms with Crippen LogP contribution in [0.5, 0.6) is 0 Å². The first kappa shape index (κ1) is 16.0. The number of carbonyl (C=O) groups excluding carboxylic acids is 1. The van der Waals surface area contributed by atoms with Gasteiger partial charge in [-0.25, -0.2) is 4.79 Å². The van der Waals surface area contributed by atoms with Gasteiger partial charge in [0.1, 0.15) is 0 Å². The lowest BCUT2D eigenvalue weighted by Gasteiger charge is -2.12. The number of hydrogen-bond acceptors (Lipinski definition) is 3. The quantitative estimate of drug-likeness (QED) is 0.882. The number of methoxy groups -OCH3 is 1. The molecule has 0 spiro atoms. The van der Waals surface area contributed by atoms with Crippen LogP contribution in [0.2, 0.25) is 0 Å². The Hall–Kier alpha value is -2.34. The number of esters is 1. The first-order valence-corrected chi connectivity index (χ1v) is 6.36. The van der Waals surface area contributed by atoms with Gasteiger partial charge in [0.15, 0.2) is 6.10 Å². The normalized spacial score (nSPS) is 12.8. The van der Waals surface area contributed by atoms with Gasteiger partial charge in [-0.2, -0.15) is 13.2 Å². The topological polar surface area (TPSA) is 46.5 Å². The largest absolute Gasteiger partial charge is 0.467 e. The number of alkyl halides is 3. The molecule has 2 aromatic rings. The highest BCUT2D eigenvalue weighted by atomic mass is 19.4. The van der Waals surface area contributed by atoms with Crippen LogP contribution in [0.4, 0.5) is 13.2 Å². The fourth-order valence-corrected chi connectivity index (χ4v) is 2.01. The van der Waals surface area contributed by atoms with Gasteiger partial charge in [0.25, 0.3) is 0 Å². The summed E-state index contributed by atoms with van der Waals surface area (Å²) in [4.78, 5) is 11.3.